The number of nitrogens with one attached hydrogen (secondary N) is 1. The molecule has 2 aromatic rings. The summed E-state index contributed by atoms with van der Waals surface area (Å²) in [6.45, 7) is 0.666. The van der Waals surface area contributed by atoms with Crippen LogP contribution in [0.1, 0.15) is 16.1 Å². The monoisotopic (exact) mass is 265 g/mol. The third-order valence-electron chi connectivity index (χ3n) is 2.48. The minimum absolute atomic E-state index is 0.177. The van der Waals surface area contributed by atoms with Crippen LogP contribution in [0.15, 0.2) is 41.0 Å². The Labute approximate surface area is 109 Å². The van der Waals surface area contributed by atoms with Gasteiger partial charge in [-0.15, -0.1) is 0 Å². The minimum atomic E-state index is -0.987. The van der Waals surface area contributed by atoms with Crippen LogP contribution in [0, 0.1) is 0 Å². The van der Waals surface area contributed by atoms with Gasteiger partial charge in [0, 0.05) is 13.0 Å². The summed E-state index contributed by atoms with van der Waals surface area (Å²) in [6.07, 6.45) is 2.37. The second kappa shape index (κ2) is 5.60. The molecule has 1 aromatic carbocycles. The van der Waals surface area contributed by atoms with Crippen molar-refractivity contribution in [3.63, 3.8) is 0 Å². The number of rotatable bonds is 5. The summed E-state index contributed by atoms with van der Waals surface area (Å²) in [5.41, 5.74) is 0.893. The fraction of sp³-hybridized carbons (Fsp3) is 0.154. The molecule has 0 atom stereocenters. The van der Waals surface area contributed by atoms with Crippen LogP contribution in [0.2, 0.25) is 5.02 Å². The first kappa shape index (κ1) is 12.5. The second-order valence-corrected chi connectivity index (χ2v) is 4.16. The molecule has 0 radical (unpaired) electrons. The van der Waals surface area contributed by atoms with Crippen molar-refractivity contribution in [2.75, 3.05) is 11.9 Å². The van der Waals surface area contributed by atoms with Crippen LogP contribution >= 0.6 is 11.6 Å². The summed E-state index contributed by atoms with van der Waals surface area (Å²) in [6, 6.07) is 8.34. The van der Waals surface area contributed by atoms with Crippen LogP contribution in [-0.4, -0.2) is 17.6 Å². The maximum atomic E-state index is 10.7. The van der Waals surface area contributed by atoms with Gasteiger partial charge in [-0.1, -0.05) is 11.6 Å². The van der Waals surface area contributed by atoms with Crippen LogP contribution < -0.4 is 5.32 Å². The Bertz CT molecular complexity index is 537. The topological polar surface area (TPSA) is 62.5 Å². The van der Waals surface area contributed by atoms with Crippen molar-refractivity contribution in [2.45, 2.75) is 6.42 Å². The maximum Gasteiger partial charge on any atom is 0.335 e. The highest BCUT2D eigenvalue weighted by Crippen LogP contribution is 2.23. The van der Waals surface area contributed by atoms with E-state index in [4.69, 9.17) is 21.1 Å². The van der Waals surface area contributed by atoms with Gasteiger partial charge in [0.1, 0.15) is 5.76 Å². The van der Waals surface area contributed by atoms with Crippen LogP contribution in [-0.2, 0) is 6.42 Å². The highest BCUT2D eigenvalue weighted by atomic mass is 35.5. The van der Waals surface area contributed by atoms with Gasteiger partial charge in [0.05, 0.1) is 22.5 Å². The standard InChI is InChI=1S/C13H12ClNO3/c14-11-8-9(13(16)17)3-4-12(11)15-6-5-10-2-1-7-18-10/h1-4,7-8,15H,5-6H2,(H,16,17). The number of carboxylic acid groups (broad SMARTS) is 1. The summed E-state index contributed by atoms with van der Waals surface area (Å²) in [5.74, 6) is -0.0974. The van der Waals surface area contributed by atoms with E-state index in [1.807, 2.05) is 12.1 Å². The lowest BCUT2D eigenvalue weighted by atomic mass is 10.2. The predicted octanol–water partition coefficient (Wildman–Crippen LogP) is 3.29. The molecule has 94 valence electrons. The molecule has 0 bridgehead atoms. The zero-order valence-corrected chi connectivity index (χ0v) is 10.3. The van der Waals surface area contributed by atoms with E-state index in [-0.39, 0.29) is 5.56 Å². The summed E-state index contributed by atoms with van der Waals surface area (Å²) in [7, 11) is 0. The summed E-state index contributed by atoms with van der Waals surface area (Å²) in [4.78, 5) is 10.7. The zero-order valence-electron chi connectivity index (χ0n) is 9.52. The van der Waals surface area contributed by atoms with E-state index in [0.717, 1.165) is 12.2 Å². The molecule has 0 aliphatic carbocycles. The molecule has 0 amide bonds. The van der Waals surface area contributed by atoms with Gasteiger partial charge in [-0.2, -0.15) is 0 Å². The van der Waals surface area contributed by atoms with Gasteiger partial charge in [-0.05, 0) is 30.3 Å². The van der Waals surface area contributed by atoms with Crippen molar-refractivity contribution in [2.24, 2.45) is 0 Å². The number of furan rings is 1. The van der Waals surface area contributed by atoms with E-state index in [1.54, 1.807) is 12.3 Å². The van der Waals surface area contributed by atoms with E-state index in [1.165, 1.54) is 12.1 Å². The molecule has 0 aliphatic rings. The third-order valence-corrected chi connectivity index (χ3v) is 2.80. The second-order valence-electron chi connectivity index (χ2n) is 3.76. The van der Waals surface area contributed by atoms with Gasteiger partial charge in [0.15, 0.2) is 0 Å². The SMILES string of the molecule is O=C(O)c1ccc(NCCc2ccco2)c(Cl)c1. The molecule has 0 aliphatic heterocycles. The minimum Gasteiger partial charge on any atom is -0.478 e. The molecule has 0 unspecified atom stereocenters. The fourth-order valence-corrected chi connectivity index (χ4v) is 1.81. The normalized spacial score (nSPS) is 10.3. The lowest BCUT2D eigenvalue weighted by molar-refractivity contribution is 0.0697. The number of hydrogen-bond donors (Lipinski definition) is 2. The zero-order chi connectivity index (χ0) is 13.0. The molecule has 5 heteroatoms. The van der Waals surface area contributed by atoms with Gasteiger partial charge in [-0.3, -0.25) is 0 Å². The maximum absolute atomic E-state index is 10.7. The summed E-state index contributed by atoms with van der Waals surface area (Å²) in [5, 5.41) is 12.3. The highest BCUT2D eigenvalue weighted by molar-refractivity contribution is 6.33. The molecular formula is C13H12ClNO3. The summed E-state index contributed by atoms with van der Waals surface area (Å²) < 4.78 is 5.20. The molecular weight excluding hydrogens is 254 g/mol. The van der Waals surface area contributed by atoms with Crippen molar-refractivity contribution >= 4 is 23.3 Å². The van der Waals surface area contributed by atoms with Gasteiger partial charge in [0.25, 0.3) is 0 Å². The van der Waals surface area contributed by atoms with E-state index in [2.05, 4.69) is 5.32 Å². The van der Waals surface area contributed by atoms with Gasteiger partial charge >= 0.3 is 5.97 Å². The molecule has 1 heterocycles. The first-order valence-corrected chi connectivity index (χ1v) is 5.83. The molecule has 0 fully saturated rings. The van der Waals surface area contributed by atoms with Crippen molar-refractivity contribution in [1.29, 1.82) is 0 Å². The number of halogens is 1. The van der Waals surface area contributed by atoms with Crippen molar-refractivity contribution in [1.82, 2.24) is 0 Å². The number of aromatic carboxylic acids is 1. The molecule has 2 rings (SSSR count). The van der Waals surface area contributed by atoms with E-state index in [0.29, 0.717) is 17.3 Å². The molecule has 0 spiro atoms. The Kier molecular flexibility index (Phi) is 3.89. The largest absolute Gasteiger partial charge is 0.478 e. The van der Waals surface area contributed by atoms with Crippen LogP contribution in [0.3, 0.4) is 0 Å². The average molecular weight is 266 g/mol. The van der Waals surface area contributed by atoms with Crippen LogP contribution in [0.25, 0.3) is 0 Å². The molecule has 18 heavy (non-hydrogen) atoms. The Morgan fingerprint density at radius 3 is 2.83 bits per heavy atom. The number of benzene rings is 1. The first-order valence-electron chi connectivity index (χ1n) is 5.46. The number of anilines is 1. The lowest BCUT2D eigenvalue weighted by Crippen LogP contribution is -2.05. The Morgan fingerprint density at radius 2 is 2.22 bits per heavy atom. The van der Waals surface area contributed by atoms with Gasteiger partial charge in [-0.25, -0.2) is 4.79 Å². The van der Waals surface area contributed by atoms with Crippen LogP contribution in [0.5, 0.6) is 0 Å². The highest BCUT2D eigenvalue weighted by Gasteiger charge is 2.06. The number of carbonyl (C=O) groups is 1. The Balaban J connectivity index is 1.95. The first-order chi connectivity index (χ1) is 8.66. The van der Waals surface area contributed by atoms with Crippen molar-refractivity contribution in [3.05, 3.63) is 52.9 Å². The Morgan fingerprint density at radius 1 is 1.39 bits per heavy atom. The number of carboxylic acids is 1. The summed E-state index contributed by atoms with van der Waals surface area (Å²) >= 11 is 5.98. The lowest BCUT2D eigenvalue weighted by Gasteiger charge is -2.08. The molecule has 0 saturated heterocycles. The van der Waals surface area contributed by atoms with Crippen molar-refractivity contribution < 1.29 is 14.3 Å². The predicted molar refractivity (Wildman–Crippen MR) is 69.3 cm³/mol. The van der Waals surface area contributed by atoms with Gasteiger partial charge in [0.2, 0.25) is 0 Å². The fourth-order valence-electron chi connectivity index (χ4n) is 1.57. The van der Waals surface area contributed by atoms with Crippen molar-refractivity contribution in [3.8, 4) is 0 Å². The molecule has 2 N–H and O–H groups in total. The molecule has 1 aromatic heterocycles. The number of hydrogen-bond acceptors (Lipinski definition) is 3. The van der Waals surface area contributed by atoms with Gasteiger partial charge < -0.3 is 14.8 Å². The average Bonchev–Trinajstić information content (AvgIpc) is 2.84. The van der Waals surface area contributed by atoms with E-state index >= 15 is 0 Å². The molecule has 0 saturated carbocycles. The smallest absolute Gasteiger partial charge is 0.335 e. The van der Waals surface area contributed by atoms with E-state index in [9.17, 15) is 4.79 Å². The third kappa shape index (κ3) is 3.05. The van der Waals surface area contributed by atoms with Crippen LogP contribution in [0.4, 0.5) is 5.69 Å². The van der Waals surface area contributed by atoms with E-state index < -0.39 is 5.97 Å². The Hall–Kier alpha value is -1.94. The molecule has 4 nitrogen and oxygen atoms in total. The quantitative estimate of drug-likeness (QED) is 0.871.